The van der Waals surface area contributed by atoms with Crippen LogP contribution in [0.4, 0.5) is 0 Å². The van der Waals surface area contributed by atoms with Crippen LogP contribution < -0.4 is 5.73 Å². The second kappa shape index (κ2) is 7.36. The Labute approximate surface area is 147 Å². The number of hydrogen-bond donors (Lipinski definition) is 5. The number of halogens is 1. The van der Waals surface area contributed by atoms with Gasteiger partial charge in [0.1, 0.15) is 12.2 Å². The summed E-state index contributed by atoms with van der Waals surface area (Å²) in [4.78, 5) is 59.0. The molecule has 0 rings (SSSR count). The molecule has 0 saturated carbocycles. The first kappa shape index (κ1) is 23.4. The average Bonchev–Trinajstić information content (AvgIpc) is 2.49. The maximum absolute atomic E-state index is 12.1. The highest BCUT2D eigenvalue weighted by molar-refractivity contribution is 6.68. The molecule has 0 heterocycles. The van der Waals surface area contributed by atoms with Crippen molar-refractivity contribution in [2.24, 2.45) is 5.73 Å². The van der Waals surface area contributed by atoms with Gasteiger partial charge in [0.05, 0.1) is 0 Å². The van der Waals surface area contributed by atoms with E-state index in [1.54, 1.807) is 0 Å². The Balaban J connectivity index is 7.06. The number of carbonyl (C=O) groups excluding carboxylic acids is 5. The third kappa shape index (κ3) is 3.16. The summed E-state index contributed by atoms with van der Waals surface area (Å²) in [6, 6.07) is 0. The summed E-state index contributed by atoms with van der Waals surface area (Å²) < 4.78 is 0. The lowest BCUT2D eigenvalue weighted by atomic mass is 9.61. The molecule has 0 aliphatic carbocycles. The first-order valence-electron chi connectivity index (χ1n) is 6.87. The third-order valence-electron chi connectivity index (χ3n) is 4.18. The minimum Gasteiger partial charge on any atom is -0.386 e. The number of Topliss-reactive ketones (excluding diaryl/α,β-unsaturated/α-hetero) is 4. The first-order chi connectivity index (χ1) is 11.0. The molecule has 0 aromatic rings. The highest BCUT2D eigenvalue weighted by atomic mass is 35.5. The molecule has 0 amide bonds. The van der Waals surface area contributed by atoms with E-state index in [1.807, 2.05) is 0 Å². The van der Waals surface area contributed by atoms with E-state index in [0.717, 1.165) is 6.92 Å². The molecule has 10 nitrogen and oxygen atoms in total. The summed E-state index contributed by atoms with van der Waals surface area (Å²) in [6.07, 6.45) is -5.27. The Morgan fingerprint density at radius 3 is 1.48 bits per heavy atom. The number of rotatable bonds is 9. The topological polar surface area (TPSA) is 192 Å². The molecule has 0 aliphatic rings. The van der Waals surface area contributed by atoms with Crippen molar-refractivity contribution in [2.75, 3.05) is 0 Å². The van der Waals surface area contributed by atoms with Gasteiger partial charge in [-0.1, -0.05) is 0 Å². The van der Waals surface area contributed by atoms with Crippen molar-refractivity contribution in [2.45, 2.75) is 56.6 Å². The summed E-state index contributed by atoms with van der Waals surface area (Å²) >= 11 is 5.24. The van der Waals surface area contributed by atoms with Crippen LogP contribution >= 0.6 is 11.6 Å². The van der Waals surface area contributed by atoms with Gasteiger partial charge in [0, 0.05) is 0 Å². The lowest BCUT2D eigenvalue weighted by molar-refractivity contribution is -0.227. The second-order valence-electron chi connectivity index (χ2n) is 5.73. The van der Waals surface area contributed by atoms with Crippen LogP contribution in [0.5, 0.6) is 0 Å². The smallest absolute Gasteiger partial charge is 0.252 e. The van der Waals surface area contributed by atoms with E-state index < -0.39 is 57.3 Å². The standard InChI is InChI=1S/C14H20ClNO9/c1-5(17)9(21)10(22)13(24,7(3)19)14(25,8(4)20)12(16,6(2)18)11(15)23/h9-10,21-22,24-25H,16H2,1-4H3/t9?,10-,12+,13-,14-/m1/s1. The van der Waals surface area contributed by atoms with Gasteiger partial charge in [-0.05, 0) is 39.3 Å². The van der Waals surface area contributed by atoms with Gasteiger partial charge in [-0.2, -0.15) is 0 Å². The van der Waals surface area contributed by atoms with Crippen LogP contribution in [0.15, 0.2) is 0 Å². The summed E-state index contributed by atoms with van der Waals surface area (Å²) in [5.41, 5.74) is -5.35. The van der Waals surface area contributed by atoms with Crippen LogP contribution in [0.3, 0.4) is 0 Å². The number of aliphatic hydroxyl groups excluding tert-OH is 2. The van der Waals surface area contributed by atoms with Crippen molar-refractivity contribution in [3.05, 3.63) is 0 Å². The van der Waals surface area contributed by atoms with E-state index in [4.69, 9.17) is 17.3 Å². The molecule has 0 spiro atoms. The van der Waals surface area contributed by atoms with Gasteiger partial charge in [-0.3, -0.25) is 24.0 Å². The fourth-order valence-corrected chi connectivity index (χ4v) is 2.78. The quantitative estimate of drug-likeness (QED) is 0.203. The molecular formula is C14H20ClNO9. The van der Waals surface area contributed by atoms with Crippen LogP contribution in [0, 0.1) is 0 Å². The highest BCUT2D eigenvalue weighted by Crippen LogP contribution is 2.39. The first-order valence-corrected chi connectivity index (χ1v) is 7.25. The molecule has 0 fully saturated rings. The molecule has 142 valence electrons. The Morgan fingerprint density at radius 2 is 1.28 bits per heavy atom. The number of carbonyl (C=O) groups is 5. The van der Waals surface area contributed by atoms with Crippen molar-refractivity contribution in [1.29, 1.82) is 0 Å². The maximum Gasteiger partial charge on any atom is 0.252 e. The predicted octanol–water partition coefficient (Wildman–Crippen LogP) is -3.01. The molecule has 6 N–H and O–H groups in total. The van der Waals surface area contributed by atoms with E-state index in [-0.39, 0.29) is 0 Å². The van der Waals surface area contributed by atoms with Crippen LogP contribution in [0.1, 0.15) is 27.7 Å². The summed E-state index contributed by atoms with van der Waals surface area (Å²) in [6.45, 7) is 2.55. The van der Waals surface area contributed by atoms with Crippen LogP contribution in [0.2, 0.25) is 0 Å². The second-order valence-corrected chi connectivity index (χ2v) is 6.07. The normalized spacial score (nSPS) is 21.0. The Kier molecular flexibility index (Phi) is 6.90. The van der Waals surface area contributed by atoms with E-state index in [9.17, 15) is 44.4 Å². The molecule has 0 aromatic carbocycles. The molecule has 0 saturated heterocycles. The summed E-state index contributed by atoms with van der Waals surface area (Å²) in [5, 5.41) is 39.4. The van der Waals surface area contributed by atoms with Crippen LogP contribution in [0.25, 0.3) is 0 Å². The molecule has 5 atom stereocenters. The lowest BCUT2D eigenvalue weighted by Gasteiger charge is -2.49. The molecule has 25 heavy (non-hydrogen) atoms. The van der Waals surface area contributed by atoms with Gasteiger partial charge < -0.3 is 26.2 Å². The molecule has 0 aromatic heterocycles. The number of nitrogens with two attached hydrogens (primary N) is 1. The van der Waals surface area contributed by atoms with Crippen LogP contribution in [-0.4, -0.2) is 77.8 Å². The predicted molar refractivity (Wildman–Crippen MR) is 82.4 cm³/mol. The Hall–Kier alpha value is -1.56. The van der Waals surface area contributed by atoms with Crippen molar-refractivity contribution >= 4 is 40.0 Å². The van der Waals surface area contributed by atoms with Gasteiger partial charge in [0.2, 0.25) is 0 Å². The van der Waals surface area contributed by atoms with E-state index in [0.29, 0.717) is 20.8 Å². The van der Waals surface area contributed by atoms with Gasteiger partial charge in [-0.15, -0.1) is 0 Å². The minimum atomic E-state index is -3.79. The molecule has 0 radical (unpaired) electrons. The molecule has 1 unspecified atom stereocenters. The minimum absolute atomic E-state index is 0.561. The number of aliphatic hydroxyl groups is 4. The Morgan fingerprint density at radius 1 is 0.880 bits per heavy atom. The van der Waals surface area contributed by atoms with E-state index >= 15 is 0 Å². The molecule has 0 bridgehead atoms. The summed E-state index contributed by atoms with van der Waals surface area (Å²) in [7, 11) is 0. The fourth-order valence-electron chi connectivity index (χ4n) is 2.51. The zero-order valence-corrected chi connectivity index (χ0v) is 14.7. The molecular weight excluding hydrogens is 362 g/mol. The monoisotopic (exact) mass is 381 g/mol. The fraction of sp³-hybridized carbons (Fsp3) is 0.643. The largest absolute Gasteiger partial charge is 0.386 e. The molecule has 0 aliphatic heterocycles. The van der Waals surface area contributed by atoms with E-state index in [1.165, 1.54) is 0 Å². The molecule has 11 heteroatoms. The zero-order valence-electron chi connectivity index (χ0n) is 13.9. The number of ketones is 4. The van der Waals surface area contributed by atoms with Gasteiger partial charge in [0.15, 0.2) is 39.9 Å². The average molecular weight is 382 g/mol. The van der Waals surface area contributed by atoms with Crippen molar-refractivity contribution in [1.82, 2.24) is 0 Å². The van der Waals surface area contributed by atoms with Crippen molar-refractivity contribution in [3.8, 4) is 0 Å². The van der Waals surface area contributed by atoms with Crippen LogP contribution in [-0.2, 0) is 24.0 Å². The number of hydrogen-bond acceptors (Lipinski definition) is 10. The lowest BCUT2D eigenvalue weighted by Crippen LogP contribution is -2.84. The Bertz CT molecular complexity index is 620. The van der Waals surface area contributed by atoms with E-state index in [2.05, 4.69) is 0 Å². The van der Waals surface area contributed by atoms with Crippen molar-refractivity contribution < 1.29 is 44.4 Å². The highest BCUT2D eigenvalue weighted by Gasteiger charge is 2.74. The summed E-state index contributed by atoms with van der Waals surface area (Å²) in [5.74, 6) is -5.73. The van der Waals surface area contributed by atoms with Gasteiger partial charge in [0.25, 0.3) is 5.24 Å². The van der Waals surface area contributed by atoms with Crippen molar-refractivity contribution in [3.63, 3.8) is 0 Å². The third-order valence-corrected chi connectivity index (χ3v) is 4.48. The van der Waals surface area contributed by atoms with Gasteiger partial charge in [-0.25, -0.2) is 0 Å². The zero-order chi connectivity index (χ0) is 20.5. The van der Waals surface area contributed by atoms with Gasteiger partial charge >= 0.3 is 0 Å². The SMILES string of the molecule is CC(=O)C(O)[C@@H](O)[C@](O)(C(C)=O)[C@@](O)(C(C)=O)[C@](N)(C(C)=O)C(=O)Cl. The maximum atomic E-state index is 12.1.